The zero-order chi connectivity index (χ0) is 17.6. The predicted octanol–water partition coefficient (Wildman–Crippen LogP) is 3.98. The fourth-order valence-electron chi connectivity index (χ4n) is 2.84. The molecular weight excluding hydrogens is 332 g/mol. The van der Waals surface area contributed by atoms with Crippen molar-refractivity contribution in [3.05, 3.63) is 60.2 Å². The molecule has 3 N–H and O–H groups in total. The molecule has 1 aliphatic rings. The summed E-state index contributed by atoms with van der Waals surface area (Å²) in [6.45, 7) is 2.73. The first-order valence-corrected chi connectivity index (χ1v) is 9.49. The maximum absolute atomic E-state index is 12.3. The molecule has 1 saturated heterocycles. The number of carbonyl (C=O) groups excluding carboxylic acids is 1. The van der Waals surface area contributed by atoms with Crippen LogP contribution in [0.2, 0.25) is 0 Å². The Hall–Kier alpha value is -1.82. The van der Waals surface area contributed by atoms with Gasteiger partial charge < -0.3 is 15.8 Å². The van der Waals surface area contributed by atoms with Crippen molar-refractivity contribution in [3.63, 3.8) is 0 Å². The van der Waals surface area contributed by atoms with Gasteiger partial charge in [-0.15, -0.1) is 11.8 Å². The first kappa shape index (κ1) is 18.0. The van der Waals surface area contributed by atoms with Crippen LogP contribution in [0.5, 0.6) is 0 Å². The summed E-state index contributed by atoms with van der Waals surface area (Å²) in [5.41, 5.74) is 7.92. The molecule has 3 atom stereocenters. The molecule has 3 unspecified atom stereocenters. The molecule has 0 aromatic heterocycles. The van der Waals surface area contributed by atoms with E-state index in [1.165, 1.54) is 10.5 Å². The second-order valence-electron chi connectivity index (χ2n) is 6.33. The maximum Gasteiger partial charge on any atom is 0.253 e. The summed E-state index contributed by atoms with van der Waals surface area (Å²) in [7, 11) is 0. The van der Waals surface area contributed by atoms with E-state index in [1.807, 2.05) is 42.1 Å². The normalized spacial score (nSPS) is 21.5. The number of nitrogens with one attached hydrogen (secondary N) is 1. The summed E-state index contributed by atoms with van der Waals surface area (Å²) in [4.78, 5) is 13.5. The molecule has 132 valence electrons. The van der Waals surface area contributed by atoms with Crippen LogP contribution in [-0.4, -0.2) is 24.7 Å². The molecule has 0 aliphatic carbocycles. The first-order chi connectivity index (χ1) is 12.1. The van der Waals surface area contributed by atoms with Gasteiger partial charge in [0.1, 0.15) is 6.10 Å². The van der Waals surface area contributed by atoms with E-state index in [0.29, 0.717) is 18.3 Å². The second-order valence-corrected chi connectivity index (χ2v) is 7.74. The lowest BCUT2D eigenvalue weighted by Gasteiger charge is -2.26. The number of rotatable bonds is 5. The van der Waals surface area contributed by atoms with Crippen molar-refractivity contribution in [2.45, 2.75) is 42.1 Å². The van der Waals surface area contributed by atoms with Crippen molar-refractivity contribution in [3.8, 4) is 0 Å². The molecule has 0 spiro atoms. The van der Waals surface area contributed by atoms with E-state index in [4.69, 9.17) is 10.5 Å². The number of nitrogens with two attached hydrogens (primary N) is 1. The number of hydrogen-bond donors (Lipinski definition) is 2. The molecule has 4 nitrogen and oxygen atoms in total. The highest BCUT2D eigenvalue weighted by molar-refractivity contribution is 7.99. The molecule has 2 aromatic carbocycles. The zero-order valence-electron chi connectivity index (χ0n) is 14.4. The van der Waals surface area contributed by atoms with Crippen LogP contribution < -0.4 is 11.1 Å². The summed E-state index contributed by atoms with van der Waals surface area (Å²) >= 11 is 1.82. The highest BCUT2D eigenvalue weighted by Crippen LogP contribution is 2.34. The molecule has 1 aliphatic heterocycles. The molecule has 1 fully saturated rings. The Morgan fingerprint density at radius 1 is 1.20 bits per heavy atom. The van der Waals surface area contributed by atoms with Gasteiger partial charge >= 0.3 is 0 Å². The average Bonchev–Trinajstić information content (AvgIpc) is 2.63. The van der Waals surface area contributed by atoms with Crippen molar-refractivity contribution < 1.29 is 9.53 Å². The number of carbonyl (C=O) groups is 1. The van der Waals surface area contributed by atoms with Crippen molar-refractivity contribution >= 4 is 23.4 Å². The fraction of sp³-hybridized carbons (Fsp3) is 0.350. The summed E-state index contributed by atoms with van der Waals surface area (Å²) in [6.07, 6.45) is 0.945. The summed E-state index contributed by atoms with van der Waals surface area (Å²) in [6, 6.07) is 18.4. The van der Waals surface area contributed by atoms with Crippen molar-refractivity contribution in [2.24, 2.45) is 5.73 Å². The van der Waals surface area contributed by atoms with Crippen molar-refractivity contribution in [2.75, 3.05) is 11.9 Å². The van der Waals surface area contributed by atoms with E-state index in [9.17, 15) is 4.79 Å². The van der Waals surface area contributed by atoms with E-state index >= 15 is 0 Å². The van der Waals surface area contributed by atoms with E-state index in [0.717, 1.165) is 12.1 Å². The van der Waals surface area contributed by atoms with Gasteiger partial charge in [-0.2, -0.15) is 0 Å². The average molecular weight is 356 g/mol. The molecule has 5 heteroatoms. The van der Waals surface area contributed by atoms with Crippen LogP contribution in [0.4, 0.5) is 5.69 Å². The van der Waals surface area contributed by atoms with Crippen LogP contribution in [0.3, 0.4) is 0 Å². The molecule has 25 heavy (non-hydrogen) atoms. The van der Waals surface area contributed by atoms with Crippen LogP contribution in [0.15, 0.2) is 59.5 Å². The molecule has 2 aromatic rings. The largest absolute Gasteiger partial charge is 0.368 e. The maximum atomic E-state index is 12.3. The van der Waals surface area contributed by atoms with Crippen molar-refractivity contribution in [1.82, 2.24) is 0 Å². The molecule has 0 saturated carbocycles. The van der Waals surface area contributed by atoms with Gasteiger partial charge in [-0.3, -0.25) is 4.79 Å². The molecule has 3 rings (SSSR count). The lowest BCUT2D eigenvalue weighted by Crippen LogP contribution is -2.41. The summed E-state index contributed by atoms with van der Waals surface area (Å²) < 4.78 is 5.52. The predicted molar refractivity (Wildman–Crippen MR) is 103 cm³/mol. The molecular formula is C20H24N2O2S. The Morgan fingerprint density at radius 3 is 2.60 bits per heavy atom. The minimum Gasteiger partial charge on any atom is -0.368 e. The third-order valence-corrected chi connectivity index (χ3v) is 5.49. The van der Waals surface area contributed by atoms with Gasteiger partial charge in [0.05, 0.1) is 0 Å². The fourth-order valence-corrected chi connectivity index (χ4v) is 3.85. The van der Waals surface area contributed by atoms with Crippen molar-refractivity contribution in [1.29, 1.82) is 0 Å². The summed E-state index contributed by atoms with van der Waals surface area (Å²) in [5, 5.41) is 3.26. The third kappa shape index (κ3) is 5.08. The first-order valence-electron chi connectivity index (χ1n) is 8.61. The van der Waals surface area contributed by atoms with Crippen LogP contribution >= 0.6 is 11.8 Å². The van der Waals surface area contributed by atoms with Gasteiger partial charge in [0, 0.05) is 28.5 Å². The topological polar surface area (TPSA) is 64.4 Å². The Bertz CT molecular complexity index is 691. The standard InChI is InChI=1S/C20H24N2O2S/c1-14(25-18-5-3-2-4-6-18)15-7-9-17(10-8-15)22-20(23)19-13-16(21)11-12-24-19/h2-10,14,16,19H,11-13,21H2,1H3,(H,22,23). The van der Waals surface area contributed by atoms with Gasteiger partial charge in [0.25, 0.3) is 5.91 Å². The monoisotopic (exact) mass is 356 g/mol. The lowest BCUT2D eigenvalue weighted by atomic mass is 10.0. The van der Waals surface area contributed by atoms with Gasteiger partial charge in [0.2, 0.25) is 0 Å². The number of benzene rings is 2. The number of hydrogen-bond acceptors (Lipinski definition) is 4. The number of amides is 1. The smallest absolute Gasteiger partial charge is 0.253 e. The Labute approximate surface area is 153 Å². The van der Waals surface area contributed by atoms with E-state index in [2.05, 4.69) is 36.5 Å². The SMILES string of the molecule is CC(Sc1ccccc1)c1ccc(NC(=O)C2CC(N)CCO2)cc1. The van der Waals surface area contributed by atoms with Crippen LogP contribution in [0, 0.1) is 0 Å². The highest BCUT2D eigenvalue weighted by Gasteiger charge is 2.26. The lowest BCUT2D eigenvalue weighted by molar-refractivity contribution is -0.130. The van der Waals surface area contributed by atoms with E-state index in [-0.39, 0.29) is 11.9 Å². The Morgan fingerprint density at radius 2 is 1.92 bits per heavy atom. The Balaban J connectivity index is 1.57. The zero-order valence-corrected chi connectivity index (χ0v) is 15.2. The van der Waals surface area contributed by atoms with Crippen LogP contribution in [0.1, 0.15) is 30.6 Å². The molecule has 0 bridgehead atoms. The Kier molecular flexibility index (Phi) is 6.13. The minimum atomic E-state index is -0.448. The second kappa shape index (κ2) is 8.52. The van der Waals surface area contributed by atoms with E-state index in [1.54, 1.807) is 0 Å². The molecule has 1 heterocycles. The quantitative estimate of drug-likeness (QED) is 0.795. The van der Waals surface area contributed by atoms with Gasteiger partial charge in [-0.25, -0.2) is 0 Å². The number of anilines is 1. The van der Waals surface area contributed by atoms with Gasteiger partial charge in [-0.1, -0.05) is 30.3 Å². The highest BCUT2D eigenvalue weighted by atomic mass is 32.2. The van der Waals surface area contributed by atoms with Gasteiger partial charge in [0.15, 0.2) is 0 Å². The van der Waals surface area contributed by atoms with Gasteiger partial charge in [-0.05, 0) is 49.6 Å². The number of ether oxygens (including phenoxy) is 1. The van der Waals surface area contributed by atoms with Crippen LogP contribution in [0.25, 0.3) is 0 Å². The van der Waals surface area contributed by atoms with Crippen LogP contribution in [-0.2, 0) is 9.53 Å². The third-order valence-electron chi connectivity index (χ3n) is 4.32. The summed E-state index contributed by atoms with van der Waals surface area (Å²) in [5.74, 6) is -0.116. The molecule has 1 amide bonds. The van der Waals surface area contributed by atoms with E-state index < -0.39 is 6.10 Å². The molecule has 0 radical (unpaired) electrons. The number of thioether (sulfide) groups is 1. The minimum absolute atomic E-state index is 0.0442.